The van der Waals surface area contributed by atoms with E-state index in [0.29, 0.717) is 23.4 Å². The lowest BCUT2D eigenvalue weighted by atomic mass is 10.2. The third-order valence-corrected chi connectivity index (χ3v) is 4.25. The van der Waals surface area contributed by atoms with Gasteiger partial charge in [-0.05, 0) is 49.6 Å². The Morgan fingerprint density at radius 2 is 2.19 bits per heavy atom. The molecule has 0 unspecified atom stereocenters. The van der Waals surface area contributed by atoms with Gasteiger partial charge in [0.05, 0.1) is 11.6 Å². The minimum absolute atomic E-state index is 0.381. The number of halogens is 2. The summed E-state index contributed by atoms with van der Waals surface area (Å²) >= 11 is 9.50. The molecular formula is C16H17BrClNO2. The number of rotatable bonds is 6. The van der Waals surface area contributed by atoms with Gasteiger partial charge in [0.25, 0.3) is 0 Å². The van der Waals surface area contributed by atoms with Crippen molar-refractivity contribution >= 4 is 27.5 Å². The van der Waals surface area contributed by atoms with E-state index in [9.17, 15) is 0 Å². The van der Waals surface area contributed by atoms with Gasteiger partial charge in [-0.25, -0.2) is 0 Å². The summed E-state index contributed by atoms with van der Waals surface area (Å²) in [6.07, 6.45) is 2.55. The minimum Gasteiger partial charge on any atom is -0.484 e. The molecule has 0 atom stereocenters. The highest BCUT2D eigenvalue weighted by atomic mass is 79.9. The fourth-order valence-electron chi connectivity index (χ4n) is 2.10. The van der Waals surface area contributed by atoms with Crippen molar-refractivity contribution in [3.63, 3.8) is 0 Å². The fraction of sp³-hybridized carbons (Fsp3) is 0.375. The monoisotopic (exact) mass is 369 g/mol. The van der Waals surface area contributed by atoms with Crippen LogP contribution in [0.4, 0.5) is 0 Å². The summed E-state index contributed by atoms with van der Waals surface area (Å²) in [7, 11) is 0. The van der Waals surface area contributed by atoms with Gasteiger partial charge in [0.15, 0.2) is 0 Å². The van der Waals surface area contributed by atoms with Crippen molar-refractivity contribution in [2.75, 3.05) is 0 Å². The average molecular weight is 371 g/mol. The molecule has 1 aliphatic rings. The lowest BCUT2D eigenvalue weighted by Crippen LogP contribution is -2.15. The topological polar surface area (TPSA) is 34.4 Å². The maximum absolute atomic E-state index is 6.13. The smallest absolute Gasteiger partial charge is 0.146 e. The molecule has 2 aromatic rings. The van der Waals surface area contributed by atoms with Crippen molar-refractivity contribution < 1.29 is 9.15 Å². The van der Waals surface area contributed by atoms with Crippen LogP contribution in [-0.2, 0) is 13.2 Å². The van der Waals surface area contributed by atoms with Crippen molar-refractivity contribution in [1.82, 2.24) is 5.32 Å². The number of nitrogens with one attached hydrogen (secondary N) is 1. The zero-order valence-electron chi connectivity index (χ0n) is 11.8. The van der Waals surface area contributed by atoms with E-state index in [4.69, 9.17) is 20.8 Å². The van der Waals surface area contributed by atoms with Crippen LogP contribution in [0.3, 0.4) is 0 Å². The summed E-state index contributed by atoms with van der Waals surface area (Å²) in [5.74, 6) is 2.47. The van der Waals surface area contributed by atoms with Crippen LogP contribution in [-0.4, -0.2) is 6.04 Å². The number of aryl methyl sites for hydroxylation is 1. The van der Waals surface area contributed by atoms with E-state index >= 15 is 0 Å². The second-order valence-electron chi connectivity index (χ2n) is 5.34. The highest BCUT2D eigenvalue weighted by molar-refractivity contribution is 9.10. The molecule has 0 spiro atoms. The van der Waals surface area contributed by atoms with Crippen molar-refractivity contribution in [1.29, 1.82) is 0 Å². The molecule has 1 saturated carbocycles. The number of furan rings is 1. The zero-order chi connectivity index (χ0) is 14.8. The van der Waals surface area contributed by atoms with E-state index in [2.05, 4.69) is 28.2 Å². The summed E-state index contributed by atoms with van der Waals surface area (Å²) in [5.41, 5.74) is 1.16. The highest BCUT2D eigenvalue weighted by Gasteiger charge is 2.21. The van der Waals surface area contributed by atoms with Crippen molar-refractivity contribution in [3.05, 3.63) is 50.8 Å². The molecule has 1 aromatic heterocycles. The van der Waals surface area contributed by atoms with Crippen LogP contribution in [0.1, 0.15) is 29.9 Å². The lowest BCUT2D eigenvalue weighted by Gasteiger charge is -2.06. The summed E-state index contributed by atoms with van der Waals surface area (Å²) in [4.78, 5) is 0. The Labute approximate surface area is 137 Å². The second-order valence-corrected chi connectivity index (χ2v) is 6.66. The fourth-order valence-corrected chi connectivity index (χ4v) is 2.83. The largest absolute Gasteiger partial charge is 0.484 e. The van der Waals surface area contributed by atoms with E-state index in [1.54, 1.807) is 0 Å². The van der Waals surface area contributed by atoms with Crippen LogP contribution in [0, 0.1) is 6.92 Å². The van der Waals surface area contributed by atoms with E-state index in [-0.39, 0.29) is 0 Å². The first-order valence-corrected chi connectivity index (χ1v) is 8.18. The Morgan fingerprint density at radius 3 is 2.90 bits per heavy atom. The molecular weight excluding hydrogens is 354 g/mol. The predicted molar refractivity (Wildman–Crippen MR) is 86.8 cm³/mol. The normalized spacial score (nSPS) is 14.4. The Bertz CT molecular complexity index is 637. The maximum Gasteiger partial charge on any atom is 0.146 e. The average Bonchev–Trinajstić information content (AvgIpc) is 3.20. The third-order valence-electron chi connectivity index (χ3n) is 3.46. The van der Waals surface area contributed by atoms with Gasteiger partial charge in [0.1, 0.15) is 23.9 Å². The standard InChI is InChI=1S/C16H17BrClNO2/c1-10-6-13(21-16(10)8-19-12-3-4-12)9-20-15-5-2-11(17)7-14(15)18/h2,5-7,12,19H,3-4,8-9H2,1H3. The Morgan fingerprint density at radius 1 is 1.38 bits per heavy atom. The molecule has 3 rings (SSSR count). The summed E-state index contributed by atoms with van der Waals surface area (Å²) < 4.78 is 12.5. The Kier molecular flexibility index (Phi) is 4.57. The molecule has 0 bridgehead atoms. The van der Waals surface area contributed by atoms with Gasteiger partial charge in [-0.15, -0.1) is 0 Å². The Balaban J connectivity index is 1.60. The SMILES string of the molecule is Cc1cc(COc2ccc(Br)cc2Cl)oc1CNC1CC1. The summed E-state index contributed by atoms with van der Waals surface area (Å²) in [6, 6.07) is 8.26. The Hall–Kier alpha value is -0.970. The molecule has 1 fully saturated rings. The molecule has 1 aliphatic carbocycles. The van der Waals surface area contributed by atoms with Crippen LogP contribution in [0.25, 0.3) is 0 Å². The first-order chi connectivity index (χ1) is 10.1. The highest BCUT2D eigenvalue weighted by Crippen LogP contribution is 2.29. The van der Waals surface area contributed by atoms with Crippen LogP contribution in [0.5, 0.6) is 5.75 Å². The van der Waals surface area contributed by atoms with Crippen LogP contribution < -0.4 is 10.1 Å². The quantitative estimate of drug-likeness (QED) is 0.790. The number of ether oxygens (including phenoxy) is 1. The molecule has 3 nitrogen and oxygen atoms in total. The first-order valence-electron chi connectivity index (χ1n) is 7.01. The molecule has 0 aliphatic heterocycles. The number of benzene rings is 1. The molecule has 0 amide bonds. The third kappa shape index (κ3) is 4.02. The number of hydrogen-bond acceptors (Lipinski definition) is 3. The predicted octanol–water partition coefficient (Wildman–Crippen LogP) is 4.83. The molecule has 1 N–H and O–H groups in total. The van der Waals surface area contributed by atoms with Crippen molar-refractivity contribution in [2.24, 2.45) is 0 Å². The zero-order valence-corrected chi connectivity index (χ0v) is 14.1. The van der Waals surface area contributed by atoms with Gasteiger partial charge in [0.2, 0.25) is 0 Å². The van der Waals surface area contributed by atoms with E-state index < -0.39 is 0 Å². The summed E-state index contributed by atoms with van der Waals surface area (Å²) in [6.45, 7) is 3.23. The molecule has 112 valence electrons. The van der Waals surface area contributed by atoms with E-state index in [1.807, 2.05) is 24.3 Å². The maximum atomic E-state index is 6.13. The van der Waals surface area contributed by atoms with Gasteiger partial charge < -0.3 is 14.5 Å². The molecule has 0 radical (unpaired) electrons. The second kappa shape index (κ2) is 6.42. The van der Waals surface area contributed by atoms with E-state index in [1.165, 1.54) is 12.8 Å². The van der Waals surface area contributed by atoms with Crippen molar-refractivity contribution in [2.45, 2.75) is 39.0 Å². The molecule has 5 heteroatoms. The number of hydrogen-bond donors (Lipinski definition) is 1. The van der Waals surface area contributed by atoms with Crippen LogP contribution in [0.2, 0.25) is 5.02 Å². The lowest BCUT2D eigenvalue weighted by molar-refractivity contribution is 0.265. The van der Waals surface area contributed by atoms with Gasteiger partial charge in [0, 0.05) is 10.5 Å². The summed E-state index contributed by atoms with van der Waals surface area (Å²) in [5, 5.41) is 4.04. The van der Waals surface area contributed by atoms with E-state index in [0.717, 1.165) is 28.1 Å². The van der Waals surface area contributed by atoms with Gasteiger partial charge in [-0.1, -0.05) is 27.5 Å². The van der Waals surface area contributed by atoms with Crippen molar-refractivity contribution in [3.8, 4) is 5.75 Å². The minimum atomic E-state index is 0.381. The molecule has 1 heterocycles. The van der Waals surface area contributed by atoms with Gasteiger partial charge in [-0.2, -0.15) is 0 Å². The van der Waals surface area contributed by atoms with Crippen LogP contribution in [0.15, 0.2) is 33.2 Å². The van der Waals surface area contributed by atoms with Gasteiger partial charge in [-0.3, -0.25) is 0 Å². The molecule has 21 heavy (non-hydrogen) atoms. The molecule has 0 saturated heterocycles. The molecule has 1 aromatic carbocycles. The van der Waals surface area contributed by atoms with Crippen LogP contribution >= 0.6 is 27.5 Å². The first kappa shape index (κ1) is 14.9. The van der Waals surface area contributed by atoms with Gasteiger partial charge >= 0.3 is 0 Å².